The van der Waals surface area contributed by atoms with Gasteiger partial charge in [-0.25, -0.2) is 0 Å². The molecule has 2 heterocycles. The number of rotatable bonds is 3. The number of aryl methyl sites for hydroxylation is 1. The zero-order valence-electron chi connectivity index (χ0n) is 11.1. The van der Waals surface area contributed by atoms with Crippen molar-refractivity contribution in [3.05, 3.63) is 10.6 Å². The van der Waals surface area contributed by atoms with Crippen LogP contribution in [0.3, 0.4) is 0 Å². The van der Waals surface area contributed by atoms with E-state index in [1.165, 1.54) is 11.5 Å². The number of aromatic nitrogens is 2. The van der Waals surface area contributed by atoms with Crippen molar-refractivity contribution in [2.45, 2.75) is 38.7 Å². The molecule has 1 saturated heterocycles. The molecule has 0 bridgehead atoms. The maximum atomic E-state index is 12.5. The third kappa shape index (κ3) is 2.27. The summed E-state index contributed by atoms with van der Waals surface area (Å²) in [7, 11) is 0. The van der Waals surface area contributed by atoms with E-state index in [0.717, 1.165) is 37.9 Å². The molecule has 1 N–H and O–H groups in total. The van der Waals surface area contributed by atoms with Crippen molar-refractivity contribution in [2.24, 2.45) is 11.8 Å². The van der Waals surface area contributed by atoms with Crippen molar-refractivity contribution in [1.82, 2.24) is 14.5 Å². The van der Waals surface area contributed by atoms with Crippen LogP contribution in [0.25, 0.3) is 0 Å². The first-order valence-corrected chi connectivity index (χ1v) is 7.76. The molecule has 1 aromatic rings. The summed E-state index contributed by atoms with van der Waals surface area (Å²) < 4.78 is 3.92. The van der Waals surface area contributed by atoms with Crippen LogP contribution in [0.4, 0.5) is 0 Å². The molecule has 0 radical (unpaired) electrons. The topological polar surface area (TPSA) is 66.3 Å². The first-order valence-electron chi connectivity index (χ1n) is 6.99. The summed E-state index contributed by atoms with van der Waals surface area (Å²) in [6.45, 7) is 3.54. The predicted molar refractivity (Wildman–Crippen MR) is 72.0 cm³/mol. The van der Waals surface area contributed by atoms with Crippen molar-refractivity contribution >= 4 is 17.4 Å². The third-order valence-corrected chi connectivity index (χ3v) is 5.10. The lowest BCUT2D eigenvalue weighted by atomic mass is 10.00. The predicted octanol–water partition coefficient (Wildman–Crippen LogP) is 1.33. The molecule has 1 aliphatic heterocycles. The summed E-state index contributed by atoms with van der Waals surface area (Å²) in [6, 6.07) is 0. The fourth-order valence-corrected chi connectivity index (χ4v) is 3.99. The number of hydrogen-bond acceptors (Lipinski definition) is 5. The number of likely N-dealkylation sites (tertiary alicyclic amines) is 1. The Morgan fingerprint density at radius 2 is 2.32 bits per heavy atom. The zero-order valence-corrected chi connectivity index (χ0v) is 11.9. The van der Waals surface area contributed by atoms with E-state index in [9.17, 15) is 9.90 Å². The molecule has 5 nitrogen and oxygen atoms in total. The van der Waals surface area contributed by atoms with Gasteiger partial charge in [0.25, 0.3) is 5.91 Å². The van der Waals surface area contributed by atoms with Gasteiger partial charge in [-0.05, 0) is 36.7 Å². The molecule has 3 atom stereocenters. The first kappa shape index (κ1) is 13.0. The smallest absolute Gasteiger partial charge is 0.267 e. The van der Waals surface area contributed by atoms with Gasteiger partial charge in [0.2, 0.25) is 0 Å². The van der Waals surface area contributed by atoms with Gasteiger partial charge in [0.15, 0.2) is 0 Å². The lowest BCUT2D eigenvalue weighted by Gasteiger charge is -2.17. The van der Waals surface area contributed by atoms with Gasteiger partial charge in [0.1, 0.15) is 4.88 Å². The summed E-state index contributed by atoms with van der Waals surface area (Å²) in [5, 5.41) is 14.0. The van der Waals surface area contributed by atoms with Crippen LogP contribution in [0.5, 0.6) is 0 Å². The van der Waals surface area contributed by atoms with E-state index < -0.39 is 0 Å². The molecule has 0 aromatic carbocycles. The second-order valence-corrected chi connectivity index (χ2v) is 6.33. The molecule has 1 saturated carbocycles. The van der Waals surface area contributed by atoms with Gasteiger partial charge in [-0.2, -0.15) is 0 Å². The van der Waals surface area contributed by atoms with E-state index in [-0.39, 0.29) is 17.9 Å². The Labute approximate surface area is 116 Å². The van der Waals surface area contributed by atoms with Gasteiger partial charge in [0, 0.05) is 19.0 Å². The van der Waals surface area contributed by atoms with Gasteiger partial charge >= 0.3 is 0 Å². The highest BCUT2D eigenvalue weighted by Crippen LogP contribution is 2.38. The number of hydrogen-bond donors (Lipinski definition) is 1. The molecular weight excluding hydrogens is 262 g/mol. The number of carbonyl (C=O) groups is 1. The summed E-state index contributed by atoms with van der Waals surface area (Å²) >= 11 is 1.20. The van der Waals surface area contributed by atoms with Crippen LogP contribution in [0.15, 0.2) is 0 Å². The Morgan fingerprint density at radius 1 is 1.47 bits per heavy atom. The van der Waals surface area contributed by atoms with E-state index in [1.54, 1.807) is 0 Å². The quantitative estimate of drug-likeness (QED) is 0.908. The average molecular weight is 281 g/mol. The number of amides is 1. The van der Waals surface area contributed by atoms with Crippen LogP contribution in [0, 0.1) is 11.8 Å². The molecule has 2 fully saturated rings. The molecule has 6 heteroatoms. The molecule has 3 unspecified atom stereocenters. The van der Waals surface area contributed by atoms with E-state index in [0.29, 0.717) is 17.3 Å². The van der Waals surface area contributed by atoms with Gasteiger partial charge in [-0.3, -0.25) is 4.79 Å². The Hall–Kier alpha value is -1.01. The standard InChI is InChI=1S/C13H19N3O2S/c1-2-3-10-12(19-15-14-10)13(18)16-6-8-4-5-11(17)9(8)7-16/h8-9,11,17H,2-7H2,1H3. The summed E-state index contributed by atoms with van der Waals surface area (Å²) in [4.78, 5) is 15.1. The normalized spacial score (nSPS) is 29.8. The Kier molecular flexibility index (Phi) is 3.54. The highest BCUT2D eigenvalue weighted by atomic mass is 32.1. The van der Waals surface area contributed by atoms with Crippen LogP contribution in [-0.4, -0.2) is 44.7 Å². The molecule has 104 valence electrons. The highest BCUT2D eigenvalue weighted by Gasteiger charge is 2.43. The molecule has 0 spiro atoms. The van der Waals surface area contributed by atoms with Crippen molar-refractivity contribution in [3.8, 4) is 0 Å². The maximum absolute atomic E-state index is 12.5. The third-order valence-electron chi connectivity index (χ3n) is 4.34. The van der Waals surface area contributed by atoms with Crippen molar-refractivity contribution in [1.29, 1.82) is 0 Å². The second-order valence-electron chi connectivity index (χ2n) is 5.58. The van der Waals surface area contributed by atoms with Gasteiger partial charge in [-0.15, -0.1) is 5.10 Å². The van der Waals surface area contributed by atoms with Gasteiger partial charge in [0.05, 0.1) is 11.8 Å². The fourth-order valence-electron chi connectivity index (χ4n) is 3.32. The SMILES string of the molecule is CCCc1nnsc1C(=O)N1CC2CCC(O)C2C1. The van der Waals surface area contributed by atoms with Crippen LogP contribution < -0.4 is 0 Å². The Balaban J connectivity index is 1.73. The second kappa shape index (κ2) is 5.17. The molecule has 1 aromatic heterocycles. The Bertz CT molecular complexity index is 476. The number of carbonyl (C=O) groups excluding carboxylic acids is 1. The zero-order chi connectivity index (χ0) is 13.4. The average Bonchev–Trinajstić information content (AvgIpc) is 3.07. The fraction of sp³-hybridized carbons (Fsp3) is 0.769. The lowest BCUT2D eigenvalue weighted by Crippen LogP contribution is -2.31. The number of aliphatic hydroxyl groups is 1. The van der Waals surface area contributed by atoms with Crippen molar-refractivity contribution in [3.63, 3.8) is 0 Å². The first-order chi connectivity index (χ1) is 9.20. The van der Waals surface area contributed by atoms with Gasteiger partial charge < -0.3 is 10.0 Å². The summed E-state index contributed by atoms with van der Waals surface area (Å²) in [5.74, 6) is 0.814. The molecule has 3 rings (SSSR count). The highest BCUT2D eigenvalue weighted by molar-refractivity contribution is 7.08. The maximum Gasteiger partial charge on any atom is 0.267 e. The Morgan fingerprint density at radius 3 is 3.05 bits per heavy atom. The molecule has 19 heavy (non-hydrogen) atoms. The van der Waals surface area contributed by atoms with Crippen LogP contribution in [0.2, 0.25) is 0 Å². The minimum absolute atomic E-state index is 0.0556. The van der Waals surface area contributed by atoms with Crippen LogP contribution >= 0.6 is 11.5 Å². The van der Waals surface area contributed by atoms with Crippen LogP contribution in [0.1, 0.15) is 41.6 Å². The summed E-state index contributed by atoms with van der Waals surface area (Å²) in [6.07, 6.45) is 3.48. The number of aliphatic hydroxyl groups excluding tert-OH is 1. The molecule has 1 amide bonds. The minimum Gasteiger partial charge on any atom is -0.393 e. The van der Waals surface area contributed by atoms with Crippen molar-refractivity contribution < 1.29 is 9.90 Å². The van der Waals surface area contributed by atoms with Gasteiger partial charge in [-0.1, -0.05) is 17.8 Å². The lowest BCUT2D eigenvalue weighted by molar-refractivity contribution is 0.0755. The van der Waals surface area contributed by atoms with Crippen LogP contribution in [-0.2, 0) is 6.42 Å². The van der Waals surface area contributed by atoms with Crippen molar-refractivity contribution in [2.75, 3.05) is 13.1 Å². The molecule has 1 aliphatic carbocycles. The number of fused-ring (bicyclic) bond motifs is 1. The molecule has 2 aliphatic rings. The van der Waals surface area contributed by atoms with E-state index >= 15 is 0 Å². The minimum atomic E-state index is -0.225. The largest absolute Gasteiger partial charge is 0.393 e. The molecular formula is C13H19N3O2S. The monoisotopic (exact) mass is 281 g/mol. The van der Waals surface area contributed by atoms with E-state index in [1.807, 2.05) is 4.90 Å². The summed E-state index contributed by atoms with van der Waals surface area (Å²) in [5.41, 5.74) is 0.829. The van der Waals surface area contributed by atoms with E-state index in [2.05, 4.69) is 16.5 Å². The number of nitrogens with zero attached hydrogens (tertiary/aromatic N) is 3. The van der Waals surface area contributed by atoms with E-state index in [4.69, 9.17) is 0 Å².